The van der Waals surface area contributed by atoms with Crippen molar-refractivity contribution < 1.29 is 18.7 Å². The van der Waals surface area contributed by atoms with Crippen LogP contribution in [0.3, 0.4) is 0 Å². The van der Waals surface area contributed by atoms with Crippen molar-refractivity contribution in [3.8, 4) is 11.5 Å². The predicted molar refractivity (Wildman–Crippen MR) is 96.0 cm³/mol. The number of benzene rings is 2. The molecule has 0 unspecified atom stereocenters. The molecule has 2 aromatic carbocycles. The van der Waals surface area contributed by atoms with Gasteiger partial charge < -0.3 is 18.7 Å². The molecule has 0 fully saturated rings. The van der Waals surface area contributed by atoms with Crippen molar-refractivity contribution in [1.82, 2.24) is 0 Å². The SMILES string of the molecule is O=c1cc(O)c2ccc(OCc3cc(=O)oc4ccc(Cl)cc34)cc2o1. The van der Waals surface area contributed by atoms with E-state index >= 15 is 0 Å². The lowest BCUT2D eigenvalue weighted by Crippen LogP contribution is -2.04. The largest absolute Gasteiger partial charge is 0.507 e. The van der Waals surface area contributed by atoms with Crippen LogP contribution in [0.5, 0.6) is 11.5 Å². The van der Waals surface area contributed by atoms with Crippen LogP contribution in [0.25, 0.3) is 21.9 Å². The van der Waals surface area contributed by atoms with Gasteiger partial charge in [-0.1, -0.05) is 11.6 Å². The van der Waals surface area contributed by atoms with Crippen molar-refractivity contribution in [3.05, 3.63) is 80.0 Å². The molecule has 1 N–H and O–H groups in total. The first kappa shape index (κ1) is 16.2. The summed E-state index contributed by atoms with van der Waals surface area (Å²) >= 11 is 6.02. The maximum atomic E-state index is 11.7. The summed E-state index contributed by atoms with van der Waals surface area (Å²) in [5.41, 5.74) is 0.0698. The summed E-state index contributed by atoms with van der Waals surface area (Å²) in [7, 11) is 0. The van der Waals surface area contributed by atoms with Gasteiger partial charge in [-0.15, -0.1) is 0 Å². The van der Waals surface area contributed by atoms with Gasteiger partial charge in [-0.3, -0.25) is 0 Å². The highest BCUT2D eigenvalue weighted by atomic mass is 35.5. The molecule has 0 bridgehead atoms. The van der Waals surface area contributed by atoms with Crippen LogP contribution in [0.4, 0.5) is 0 Å². The molecular formula is C19H11ClO6. The Labute approximate surface area is 150 Å². The minimum atomic E-state index is -0.659. The normalized spacial score (nSPS) is 11.1. The zero-order valence-electron chi connectivity index (χ0n) is 13.2. The van der Waals surface area contributed by atoms with E-state index in [0.717, 1.165) is 6.07 Å². The van der Waals surface area contributed by atoms with Crippen LogP contribution in [-0.2, 0) is 6.61 Å². The van der Waals surface area contributed by atoms with Gasteiger partial charge >= 0.3 is 11.3 Å². The van der Waals surface area contributed by atoms with E-state index in [1.807, 2.05) is 0 Å². The lowest BCUT2D eigenvalue weighted by molar-refractivity contribution is 0.306. The molecule has 2 aromatic heterocycles. The standard InChI is InChI=1S/C19H11ClO6/c20-11-1-4-16-14(6-11)10(5-18(22)25-16)9-24-12-2-3-13-15(21)8-19(23)26-17(13)7-12/h1-8,21H,9H2. The van der Waals surface area contributed by atoms with Crippen molar-refractivity contribution >= 4 is 33.5 Å². The molecule has 6 nitrogen and oxygen atoms in total. The summed E-state index contributed by atoms with van der Waals surface area (Å²) in [6.45, 7) is 0.0804. The fourth-order valence-electron chi connectivity index (χ4n) is 2.70. The van der Waals surface area contributed by atoms with Crippen LogP contribution in [-0.4, -0.2) is 5.11 Å². The Morgan fingerprint density at radius 3 is 2.50 bits per heavy atom. The molecular weight excluding hydrogens is 360 g/mol. The molecule has 0 saturated carbocycles. The molecule has 0 aliphatic rings. The summed E-state index contributed by atoms with van der Waals surface area (Å²) < 4.78 is 15.9. The number of hydrogen-bond donors (Lipinski definition) is 1. The molecule has 0 saturated heterocycles. The minimum Gasteiger partial charge on any atom is -0.507 e. The van der Waals surface area contributed by atoms with Crippen LogP contribution in [0.15, 0.2) is 67.0 Å². The average molecular weight is 371 g/mol. The molecule has 0 amide bonds. The van der Waals surface area contributed by atoms with Crippen LogP contribution >= 0.6 is 11.6 Å². The van der Waals surface area contributed by atoms with E-state index < -0.39 is 11.3 Å². The maximum Gasteiger partial charge on any atom is 0.339 e. The highest BCUT2D eigenvalue weighted by molar-refractivity contribution is 6.31. The molecule has 4 aromatic rings. The molecule has 0 aliphatic heterocycles. The summed E-state index contributed by atoms with van der Waals surface area (Å²) in [5, 5.41) is 11.3. The first-order valence-electron chi connectivity index (χ1n) is 7.61. The van der Waals surface area contributed by atoms with E-state index in [0.29, 0.717) is 32.7 Å². The van der Waals surface area contributed by atoms with Crippen LogP contribution in [0.1, 0.15) is 5.56 Å². The van der Waals surface area contributed by atoms with Gasteiger partial charge in [-0.05, 0) is 30.3 Å². The number of halogens is 1. The van der Waals surface area contributed by atoms with Crippen molar-refractivity contribution in [3.63, 3.8) is 0 Å². The third-order valence-electron chi connectivity index (χ3n) is 3.88. The maximum absolute atomic E-state index is 11.7. The highest BCUT2D eigenvalue weighted by Crippen LogP contribution is 2.27. The summed E-state index contributed by atoms with van der Waals surface area (Å²) in [5.74, 6) is 0.249. The van der Waals surface area contributed by atoms with Crippen molar-refractivity contribution in [2.75, 3.05) is 0 Å². The third kappa shape index (κ3) is 3.02. The Bertz CT molecular complexity index is 1250. The number of hydrogen-bond acceptors (Lipinski definition) is 6. The fraction of sp³-hybridized carbons (Fsp3) is 0.0526. The van der Waals surface area contributed by atoms with E-state index in [4.69, 9.17) is 25.2 Å². The third-order valence-corrected chi connectivity index (χ3v) is 4.11. The van der Waals surface area contributed by atoms with Crippen LogP contribution < -0.4 is 16.0 Å². The summed E-state index contributed by atoms with van der Waals surface area (Å²) in [4.78, 5) is 23.1. The number of fused-ring (bicyclic) bond motifs is 2. The van der Waals surface area contributed by atoms with Gasteiger partial charge in [0.25, 0.3) is 0 Å². The van der Waals surface area contributed by atoms with E-state index in [-0.39, 0.29) is 17.9 Å². The fourth-order valence-corrected chi connectivity index (χ4v) is 2.87. The van der Waals surface area contributed by atoms with E-state index in [2.05, 4.69) is 0 Å². The van der Waals surface area contributed by atoms with Crippen LogP contribution in [0, 0.1) is 0 Å². The van der Waals surface area contributed by atoms with E-state index in [9.17, 15) is 14.7 Å². The predicted octanol–water partition coefficient (Wildman–Crippen LogP) is 3.84. The molecule has 0 aliphatic carbocycles. The van der Waals surface area contributed by atoms with Gasteiger partial charge in [-0.25, -0.2) is 9.59 Å². The average Bonchev–Trinajstić information content (AvgIpc) is 2.59. The molecule has 7 heteroatoms. The van der Waals surface area contributed by atoms with E-state index in [1.165, 1.54) is 12.1 Å². The molecule has 0 radical (unpaired) electrons. The Kier molecular flexibility index (Phi) is 3.89. The van der Waals surface area contributed by atoms with Crippen LogP contribution in [0.2, 0.25) is 5.02 Å². The molecule has 0 spiro atoms. The topological polar surface area (TPSA) is 89.9 Å². The lowest BCUT2D eigenvalue weighted by Gasteiger charge is -2.09. The molecule has 2 heterocycles. The number of ether oxygens (including phenoxy) is 1. The van der Waals surface area contributed by atoms with Gasteiger partial charge in [-0.2, -0.15) is 0 Å². The number of rotatable bonds is 3. The molecule has 130 valence electrons. The Balaban J connectivity index is 1.70. The summed E-state index contributed by atoms with van der Waals surface area (Å²) in [6, 6.07) is 12.0. The highest BCUT2D eigenvalue weighted by Gasteiger charge is 2.09. The monoisotopic (exact) mass is 370 g/mol. The second-order valence-corrected chi connectivity index (χ2v) is 6.06. The van der Waals surface area contributed by atoms with Gasteiger partial charge in [0.1, 0.15) is 29.3 Å². The quantitative estimate of drug-likeness (QED) is 0.551. The Morgan fingerprint density at radius 1 is 0.885 bits per heavy atom. The Morgan fingerprint density at radius 2 is 1.65 bits per heavy atom. The molecule has 4 rings (SSSR count). The lowest BCUT2D eigenvalue weighted by atomic mass is 10.1. The van der Waals surface area contributed by atoms with E-state index in [1.54, 1.807) is 30.3 Å². The van der Waals surface area contributed by atoms with Gasteiger partial charge in [0.2, 0.25) is 0 Å². The minimum absolute atomic E-state index is 0.0804. The van der Waals surface area contributed by atoms with Crippen molar-refractivity contribution in [2.45, 2.75) is 6.61 Å². The first-order valence-corrected chi connectivity index (χ1v) is 7.99. The number of aromatic hydroxyl groups is 1. The first-order chi connectivity index (χ1) is 12.5. The summed E-state index contributed by atoms with van der Waals surface area (Å²) in [6.07, 6.45) is 0. The van der Waals surface area contributed by atoms with Gasteiger partial charge in [0.05, 0.1) is 11.5 Å². The second kappa shape index (κ2) is 6.24. The van der Waals surface area contributed by atoms with Gasteiger partial charge in [0.15, 0.2) is 0 Å². The molecule has 26 heavy (non-hydrogen) atoms. The molecule has 0 atom stereocenters. The van der Waals surface area contributed by atoms with Crippen molar-refractivity contribution in [2.24, 2.45) is 0 Å². The van der Waals surface area contributed by atoms with Crippen molar-refractivity contribution in [1.29, 1.82) is 0 Å². The smallest absolute Gasteiger partial charge is 0.339 e. The second-order valence-electron chi connectivity index (χ2n) is 5.63. The zero-order valence-corrected chi connectivity index (χ0v) is 13.9. The van der Waals surface area contributed by atoms with Gasteiger partial charge in [0, 0.05) is 28.1 Å². The zero-order chi connectivity index (χ0) is 18.3. The Hall–Kier alpha value is -3.25.